The van der Waals surface area contributed by atoms with E-state index in [-0.39, 0.29) is 0 Å². The van der Waals surface area contributed by atoms with E-state index >= 15 is 0 Å². The molecule has 0 unspecified atom stereocenters. The summed E-state index contributed by atoms with van der Waals surface area (Å²) >= 11 is 0. The highest BCUT2D eigenvalue weighted by molar-refractivity contribution is 5.76. The second-order valence-electron chi connectivity index (χ2n) is 2.08. The minimum absolute atomic E-state index is 0.391. The Kier molecular flexibility index (Phi) is 1.67. The van der Waals surface area contributed by atoms with Crippen LogP contribution < -0.4 is 5.73 Å². The van der Waals surface area contributed by atoms with Crippen molar-refractivity contribution in [3.63, 3.8) is 0 Å². The van der Waals surface area contributed by atoms with E-state index in [2.05, 4.69) is 4.98 Å². The number of pyridine rings is 1. The van der Waals surface area contributed by atoms with Crippen LogP contribution in [0.2, 0.25) is 0 Å². The van der Waals surface area contributed by atoms with E-state index < -0.39 is 0 Å². The van der Waals surface area contributed by atoms with Gasteiger partial charge in [0.05, 0.1) is 0 Å². The fourth-order valence-electron chi connectivity index (χ4n) is 0.790. The number of carbonyl (C=O) groups is 1. The molecular weight excluding hydrogens is 128 g/mol. The third-order valence-corrected chi connectivity index (χ3v) is 1.13. The fourth-order valence-corrected chi connectivity index (χ4v) is 0.790. The summed E-state index contributed by atoms with van der Waals surface area (Å²) in [5.41, 5.74) is 6.70. The monoisotopic (exact) mass is 136 g/mol. The topological polar surface area (TPSA) is 56.0 Å². The predicted octanol–water partition coefficient (Wildman–Crippen LogP) is 0.785. The van der Waals surface area contributed by atoms with Gasteiger partial charge in [0, 0.05) is 11.3 Å². The molecule has 0 saturated carbocycles. The highest BCUT2D eigenvalue weighted by atomic mass is 16.1. The zero-order valence-electron chi connectivity index (χ0n) is 5.66. The summed E-state index contributed by atoms with van der Waals surface area (Å²) in [6.07, 6.45) is 0.755. The summed E-state index contributed by atoms with van der Waals surface area (Å²) in [4.78, 5) is 14.1. The molecule has 3 heteroatoms. The van der Waals surface area contributed by atoms with Crippen LogP contribution >= 0.6 is 0 Å². The van der Waals surface area contributed by atoms with Crippen LogP contribution in [-0.4, -0.2) is 11.3 Å². The lowest BCUT2D eigenvalue weighted by atomic mass is 10.2. The number of carbonyl (C=O) groups excluding carboxylic acids is 1. The SMILES string of the molecule is Cc1cc(C=O)cc(N)n1. The van der Waals surface area contributed by atoms with Crippen LogP contribution in [-0.2, 0) is 0 Å². The molecule has 0 fully saturated rings. The van der Waals surface area contributed by atoms with Crippen molar-refractivity contribution in [1.82, 2.24) is 4.98 Å². The number of anilines is 1. The van der Waals surface area contributed by atoms with E-state index in [0.29, 0.717) is 11.4 Å². The van der Waals surface area contributed by atoms with Crippen molar-refractivity contribution in [2.24, 2.45) is 0 Å². The van der Waals surface area contributed by atoms with E-state index in [4.69, 9.17) is 5.73 Å². The highest BCUT2D eigenvalue weighted by Crippen LogP contribution is 2.03. The Balaban J connectivity index is 3.18. The minimum Gasteiger partial charge on any atom is -0.384 e. The van der Waals surface area contributed by atoms with Gasteiger partial charge >= 0.3 is 0 Å². The Morgan fingerprint density at radius 3 is 2.80 bits per heavy atom. The molecule has 10 heavy (non-hydrogen) atoms. The van der Waals surface area contributed by atoms with Crippen LogP contribution in [0.15, 0.2) is 12.1 Å². The zero-order chi connectivity index (χ0) is 7.56. The number of aryl methyl sites for hydroxylation is 1. The molecular formula is C7H8N2O. The molecule has 1 aromatic rings. The number of aromatic nitrogens is 1. The number of nitrogen functional groups attached to an aromatic ring is 1. The molecule has 0 aliphatic heterocycles. The molecule has 0 aliphatic carbocycles. The van der Waals surface area contributed by atoms with Gasteiger partial charge in [0.1, 0.15) is 12.1 Å². The van der Waals surface area contributed by atoms with Gasteiger partial charge in [-0.25, -0.2) is 4.98 Å². The van der Waals surface area contributed by atoms with Gasteiger partial charge in [0.25, 0.3) is 0 Å². The third-order valence-electron chi connectivity index (χ3n) is 1.13. The van der Waals surface area contributed by atoms with Crippen molar-refractivity contribution in [3.8, 4) is 0 Å². The van der Waals surface area contributed by atoms with Crippen molar-refractivity contribution in [3.05, 3.63) is 23.4 Å². The van der Waals surface area contributed by atoms with Crippen molar-refractivity contribution < 1.29 is 4.79 Å². The lowest BCUT2D eigenvalue weighted by Crippen LogP contribution is -1.94. The Morgan fingerprint density at radius 2 is 2.30 bits per heavy atom. The van der Waals surface area contributed by atoms with Crippen molar-refractivity contribution in [2.45, 2.75) is 6.92 Å². The van der Waals surface area contributed by atoms with Gasteiger partial charge in [0.2, 0.25) is 0 Å². The summed E-state index contributed by atoms with van der Waals surface area (Å²) < 4.78 is 0. The average molecular weight is 136 g/mol. The van der Waals surface area contributed by atoms with Gasteiger partial charge < -0.3 is 5.73 Å². The smallest absolute Gasteiger partial charge is 0.150 e. The van der Waals surface area contributed by atoms with Crippen LogP contribution in [0.25, 0.3) is 0 Å². The summed E-state index contributed by atoms with van der Waals surface area (Å²) in [6, 6.07) is 3.23. The minimum atomic E-state index is 0.391. The van der Waals surface area contributed by atoms with Gasteiger partial charge in [-0.05, 0) is 19.1 Å². The summed E-state index contributed by atoms with van der Waals surface area (Å²) in [6.45, 7) is 1.80. The molecule has 0 radical (unpaired) electrons. The molecule has 3 nitrogen and oxygen atoms in total. The molecule has 0 bridgehead atoms. The van der Waals surface area contributed by atoms with Crippen molar-refractivity contribution >= 4 is 12.1 Å². The van der Waals surface area contributed by atoms with Crippen LogP contribution in [0, 0.1) is 6.92 Å². The average Bonchev–Trinajstić information content (AvgIpc) is 1.85. The normalized spacial score (nSPS) is 9.30. The molecule has 0 aliphatic rings. The third kappa shape index (κ3) is 1.31. The summed E-state index contributed by atoms with van der Waals surface area (Å²) in [5.74, 6) is 0.391. The lowest BCUT2D eigenvalue weighted by molar-refractivity contribution is 0.112. The molecule has 52 valence electrons. The summed E-state index contributed by atoms with van der Waals surface area (Å²) in [7, 11) is 0. The van der Waals surface area contributed by atoms with Crippen molar-refractivity contribution in [1.29, 1.82) is 0 Å². The van der Waals surface area contributed by atoms with Gasteiger partial charge in [0.15, 0.2) is 0 Å². The second kappa shape index (κ2) is 2.47. The fraction of sp³-hybridized carbons (Fsp3) is 0.143. The zero-order valence-corrected chi connectivity index (χ0v) is 5.66. The van der Waals surface area contributed by atoms with Gasteiger partial charge in [-0.1, -0.05) is 0 Å². The maximum Gasteiger partial charge on any atom is 0.150 e. The van der Waals surface area contributed by atoms with Crippen LogP contribution in [0.1, 0.15) is 16.1 Å². The number of nitrogens with zero attached hydrogens (tertiary/aromatic N) is 1. The number of aldehydes is 1. The first-order chi connectivity index (χ1) is 4.72. The molecule has 0 saturated heterocycles. The van der Waals surface area contributed by atoms with E-state index in [1.165, 1.54) is 0 Å². The van der Waals surface area contributed by atoms with E-state index in [0.717, 1.165) is 12.0 Å². The highest BCUT2D eigenvalue weighted by Gasteiger charge is 1.93. The number of nitrogens with two attached hydrogens (primary N) is 1. The quantitative estimate of drug-likeness (QED) is 0.580. The van der Waals surface area contributed by atoms with E-state index in [9.17, 15) is 4.79 Å². The first-order valence-electron chi connectivity index (χ1n) is 2.91. The largest absolute Gasteiger partial charge is 0.384 e. The van der Waals surface area contributed by atoms with Crippen LogP contribution in [0.4, 0.5) is 5.82 Å². The van der Waals surface area contributed by atoms with Crippen LogP contribution in [0.3, 0.4) is 0 Å². The van der Waals surface area contributed by atoms with Gasteiger partial charge in [-0.2, -0.15) is 0 Å². The molecule has 2 N–H and O–H groups in total. The standard InChI is InChI=1S/C7H8N2O/c1-5-2-6(4-10)3-7(8)9-5/h2-4H,1H3,(H2,8,9). The number of hydrogen-bond acceptors (Lipinski definition) is 3. The lowest BCUT2D eigenvalue weighted by Gasteiger charge is -1.95. The molecule has 0 aromatic carbocycles. The predicted molar refractivity (Wildman–Crippen MR) is 38.8 cm³/mol. The summed E-state index contributed by atoms with van der Waals surface area (Å²) in [5, 5.41) is 0. The first-order valence-corrected chi connectivity index (χ1v) is 2.91. The Hall–Kier alpha value is -1.38. The molecule has 0 atom stereocenters. The molecule has 1 aromatic heterocycles. The molecule has 0 spiro atoms. The second-order valence-corrected chi connectivity index (χ2v) is 2.08. The first kappa shape index (κ1) is 6.74. The Bertz CT molecular complexity index is 238. The number of hydrogen-bond donors (Lipinski definition) is 1. The maximum atomic E-state index is 10.2. The van der Waals surface area contributed by atoms with Crippen LogP contribution in [0.5, 0.6) is 0 Å². The Morgan fingerprint density at radius 1 is 1.60 bits per heavy atom. The van der Waals surface area contributed by atoms with Gasteiger partial charge in [-0.3, -0.25) is 4.79 Å². The van der Waals surface area contributed by atoms with Crippen molar-refractivity contribution in [2.75, 3.05) is 5.73 Å². The van der Waals surface area contributed by atoms with E-state index in [1.807, 2.05) is 0 Å². The molecule has 0 amide bonds. The maximum absolute atomic E-state index is 10.2. The van der Waals surface area contributed by atoms with Gasteiger partial charge in [-0.15, -0.1) is 0 Å². The Labute approximate surface area is 58.9 Å². The molecule has 1 heterocycles. The molecule has 1 rings (SSSR count). The van der Waals surface area contributed by atoms with E-state index in [1.54, 1.807) is 19.1 Å². The number of rotatable bonds is 1.